The number of anilines is 1. The van der Waals surface area contributed by atoms with Gasteiger partial charge in [-0.2, -0.15) is 4.98 Å². The van der Waals surface area contributed by atoms with Gasteiger partial charge in [0.25, 0.3) is 5.56 Å². The second-order valence-corrected chi connectivity index (χ2v) is 11.4. The maximum atomic E-state index is 12.7. The van der Waals surface area contributed by atoms with E-state index in [0.717, 1.165) is 18.2 Å². The van der Waals surface area contributed by atoms with Gasteiger partial charge in [-0.25, -0.2) is 17.7 Å². The van der Waals surface area contributed by atoms with Crippen molar-refractivity contribution in [2.45, 2.75) is 68.9 Å². The molecule has 1 aliphatic heterocycles. The average molecular weight is 462 g/mol. The molecule has 0 radical (unpaired) electrons. The lowest BCUT2D eigenvalue weighted by Crippen LogP contribution is -2.45. The number of rotatable bonds is 6. The predicted octanol–water partition coefficient (Wildman–Crippen LogP) is 2.05. The molecule has 2 fully saturated rings. The third kappa shape index (κ3) is 4.18. The van der Waals surface area contributed by atoms with Crippen molar-refractivity contribution in [1.82, 2.24) is 18.8 Å². The van der Waals surface area contributed by atoms with Crippen LogP contribution >= 0.6 is 0 Å². The molecule has 174 valence electrons. The van der Waals surface area contributed by atoms with Crippen molar-refractivity contribution in [1.29, 1.82) is 0 Å². The zero-order chi connectivity index (χ0) is 23.1. The van der Waals surface area contributed by atoms with E-state index in [0.29, 0.717) is 43.9 Å². The Morgan fingerprint density at radius 1 is 1.31 bits per heavy atom. The number of hydrogen-bond donors (Lipinski definition) is 2. The molecular formula is C22H31N5O4S. The van der Waals surface area contributed by atoms with Crippen LogP contribution in [0.15, 0.2) is 35.8 Å². The van der Waals surface area contributed by atoms with Crippen molar-refractivity contribution >= 4 is 27.0 Å². The summed E-state index contributed by atoms with van der Waals surface area (Å²) in [7, 11) is -3.37. The van der Waals surface area contributed by atoms with Crippen molar-refractivity contribution in [3.63, 3.8) is 0 Å². The van der Waals surface area contributed by atoms with Gasteiger partial charge in [0, 0.05) is 36.8 Å². The molecule has 0 aromatic carbocycles. The first kappa shape index (κ1) is 22.9. The van der Waals surface area contributed by atoms with E-state index in [1.54, 1.807) is 30.7 Å². The van der Waals surface area contributed by atoms with Crippen LogP contribution in [0.5, 0.6) is 0 Å². The van der Waals surface area contributed by atoms with Gasteiger partial charge in [-0.3, -0.25) is 9.36 Å². The summed E-state index contributed by atoms with van der Waals surface area (Å²) in [6.07, 6.45) is 6.59. The number of sulfonamides is 1. The van der Waals surface area contributed by atoms with Crippen LogP contribution in [0.25, 0.3) is 11.0 Å². The fraction of sp³-hybridized carbons (Fsp3) is 0.591. The molecule has 1 aliphatic carbocycles. The summed E-state index contributed by atoms with van der Waals surface area (Å²) in [5.74, 6) is 0.398. The Kier molecular flexibility index (Phi) is 6.12. The molecule has 4 rings (SSSR count). The molecule has 0 bridgehead atoms. The summed E-state index contributed by atoms with van der Waals surface area (Å²) >= 11 is 0. The van der Waals surface area contributed by atoms with E-state index in [2.05, 4.69) is 21.9 Å². The Bertz CT molecular complexity index is 1170. The first-order valence-electron chi connectivity index (χ1n) is 11.1. The first-order valence-corrected chi connectivity index (χ1v) is 12.6. The number of aromatic nitrogens is 3. The Balaban J connectivity index is 1.55. The molecule has 1 unspecified atom stereocenters. The second-order valence-electron chi connectivity index (χ2n) is 9.08. The number of nitrogens with one attached hydrogen (secondary N) is 1. The van der Waals surface area contributed by atoms with Gasteiger partial charge >= 0.3 is 0 Å². The van der Waals surface area contributed by atoms with E-state index in [1.165, 1.54) is 16.4 Å². The highest BCUT2D eigenvalue weighted by molar-refractivity contribution is 7.89. The van der Waals surface area contributed by atoms with Crippen LogP contribution in [0, 0.1) is 0 Å². The third-order valence-electron chi connectivity index (χ3n) is 6.81. The molecular weight excluding hydrogens is 430 g/mol. The average Bonchev–Trinajstić information content (AvgIpc) is 3.11. The van der Waals surface area contributed by atoms with Gasteiger partial charge in [-0.15, -0.1) is 6.58 Å². The summed E-state index contributed by atoms with van der Waals surface area (Å²) in [5.41, 5.74) is -0.649. The number of hydrogen-bond acceptors (Lipinski definition) is 7. The molecule has 2 aromatic rings. The van der Waals surface area contributed by atoms with Crippen molar-refractivity contribution in [2.75, 3.05) is 18.4 Å². The van der Waals surface area contributed by atoms with Gasteiger partial charge < -0.3 is 10.4 Å². The fourth-order valence-corrected chi connectivity index (χ4v) is 6.17. The zero-order valence-corrected chi connectivity index (χ0v) is 19.4. The largest absolute Gasteiger partial charge is 0.388 e. The number of fused-ring (bicyclic) bond motifs is 1. The van der Waals surface area contributed by atoms with Crippen LogP contribution in [0.2, 0.25) is 0 Å². The minimum atomic E-state index is -3.37. The van der Waals surface area contributed by atoms with Crippen LogP contribution in [-0.2, 0) is 10.0 Å². The zero-order valence-electron chi connectivity index (χ0n) is 18.6. The smallest absolute Gasteiger partial charge is 0.252 e. The van der Waals surface area contributed by atoms with Gasteiger partial charge in [0.05, 0.1) is 16.9 Å². The molecule has 2 N–H and O–H groups in total. The number of piperidine rings is 1. The molecule has 3 atom stereocenters. The highest BCUT2D eigenvalue weighted by atomic mass is 32.2. The van der Waals surface area contributed by atoms with Gasteiger partial charge in [-0.05, 0) is 52.0 Å². The third-order valence-corrected chi connectivity index (χ3v) is 9.02. The maximum Gasteiger partial charge on any atom is 0.252 e. The Morgan fingerprint density at radius 2 is 2.03 bits per heavy atom. The molecule has 1 saturated heterocycles. The molecule has 1 saturated carbocycles. The van der Waals surface area contributed by atoms with Gasteiger partial charge in [0.1, 0.15) is 5.65 Å². The van der Waals surface area contributed by atoms with E-state index in [4.69, 9.17) is 0 Å². The maximum absolute atomic E-state index is 12.7. The quantitative estimate of drug-likeness (QED) is 0.632. The summed E-state index contributed by atoms with van der Waals surface area (Å²) in [4.78, 5) is 21.8. The molecule has 0 amide bonds. The normalized spacial score (nSPS) is 26.3. The fourth-order valence-electron chi connectivity index (χ4n) is 4.74. The van der Waals surface area contributed by atoms with Crippen LogP contribution in [0.3, 0.4) is 0 Å². The van der Waals surface area contributed by atoms with Gasteiger partial charge in [0.2, 0.25) is 16.0 Å². The SMILES string of the molecule is C=CC(C)S(=O)(=O)N1CCC(Nc2ncc3ccc(=O)n([C@@H]4CCC[C@@]4(C)O)c3n2)CC1. The van der Waals surface area contributed by atoms with Crippen LogP contribution < -0.4 is 10.9 Å². The van der Waals surface area contributed by atoms with Crippen LogP contribution in [0.4, 0.5) is 5.95 Å². The molecule has 2 aromatic heterocycles. The van der Waals surface area contributed by atoms with Crippen molar-refractivity contribution in [3.05, 3.63) is 41.3 Å². The number of pyridine rings is 1. The van der Waals surface area contributed by atoms with Crippen molar-refractivity contribution in [2.24, 2.45) is 0 Å². The van der Waals surface area contributed by atoms with Crippen molar-refractivity contribution in [3.8, 4) is 0 Å². The number of nitrogens with zero attached hydrogens (tertiary/aromatic N) is 4. The number of aliphatic hydroxyl groups is 1. The van der Waals surface area contributed by atoms with Crippen LogP contribution in [-0.4, -0.2) is 62.3 Å². The summed E-state index contributed by atoms with van der Waals surface area (Å²) in [6.45, 7) is 7.83. The van der Waals surface area contributed by atoms with Gasteiger partial charge in [0.15, 0.2) is 0 Å². The highest BCUT2D eigenvalue weighted by Gasteiger charge is 2.39. The molecule has 9 nitrogen and oxygen atoms in total. The minimum Gasteiger partial charge on any atom is -0.388 e. The second kappa shape index (κ2) is 8.57. The monoisotopic (exact) mass is 461 g/mol. The Hall–Kier alpha value is -2.30. The van der Waals surface area contributed by atoms with Gasteiger partial charge in [-0.1, -0.05) is 6.08 Å². The van der Waals surface area contributed by atoms with E-state index in [9.17, 15) is 18.3 Å². The van der Waals surface area contributed by atoms with E-state index >= 15 is 0 Å². The highest BCUT2D eigenvalue weighted by Crippen LogP contribution is 2.39. The van der Waals surface area contributed by atoms with E-state index in [1.807, 2.05) is 0 Å². The molecule has 3 heterocycles. The molecule has 0 spiro atoms. The van der Waals surface area contributed by atoms with Crippen LogP contribution in [0.1, 0.15) is 52.0 Å². The minimum absolute atomic E-state index is 0.0245. The molecule has 32 heavy (non-hydrogen) atoms. The molecule has 2 aliphatic rings. The Morgan fingerprint density at radius 3 is 2.66 bits per heavy atom. The lowest BCUT2D eigenvalue weighted by Gasteiger charge is -2.33. The lowest BCUT2D eigenvalue weighted by atomic mass is 10.00. The summed E-state index contributed by atoms with van der Waals surface area (Å²) in [5, 5.41) is 14.2. The summed E-state index contributed by atoms with van der Waals surface area (Å²) < 4.78 is 28.2. The topological polar surface area (TPSA) is 117 Å². The first-order chi connectivity index (χ1) is 15.1. The summed E-state index contributed by atoms with van der Waals surface area (Å²) in [6, 6.07) is 2.89. The predicted molar refractivity (Wildman–Crippen MR) is 124 cm³/mol. The Labute approximate surface area is 188 Å². The molecule has 10 heteroatoms. The van der Waals surface area contributed by atoms with E-state index in [-0.39, 0.29) is 17.6 Å². The lowest BCUT2D eigenvalue weighted by molar-refractivity contribution is 0.0267. The van der Waals surface area contributed by atoms with E-state index < -0.39 is 20.9 Å². The van der Waals surface area contributed by atoms with Crippen molar-refractivity contribution < 1.29 is 13.5 Å². The standard InChI is InChI=1S/C22H31N5O4S/c1-4-15(2)32(30,31)26-12-9-17(10-13-26)24-21-23-14-16-7-8-19(28)27(20(16)25-21)18-6-5-11-22(18,3)29/h4,7-8,14-15,17-18,29H,1,5-6,9-13H2,2-3H3,(H,23,24,25)/t15?,18-,22-/m1/s1.